The van der Waals surface area contributed by atoms with E-state index in [1.54, 1.807) is 7.11 Å². The van der Waals surface area contributed by atoms with Crippen LogP contribution in [0.1, 0.15) is 70.3 Å². The second kappa shape index (κ2) is 10.6. The molecule has 0 aliphatic rings. The maximum Gasteiger partial charge on any atom is 0.121 e. The summed E-state index contributed by atoms with van der Waals surface area (Å²) in [5.41, 5.74) is 7.96. The number of methoxy groups -OCH3 is 1. The highest BCUT2D eigenvalue weighted by atomic mass is 16.5. The average molecular weight is 277 g/mol. The average Bonchev–Trinajstić information content (AvgIpc) is 2.45. The Labute approximate surface area is 124 Å². The third kappa shape index (κ3) is 7.42. The lowest BCUT2D eigenvalue weighted by atomic mass is 10.0. The van der Waals surface area contributed by atoms with Crippen molar-refractivity contribution in [3.8, 4) is 5.75 Å². The van der Waals surface area contributed by atoms with Crippen molar-refractivity contribution in [3.05, 3.63) is 23.8 Å². The zero-order valence-electron chi connectivity index (χ0n) is 13.3. The van der Waals surface area contributed by atoms with E-state index in [2.05, 4.69) is 19.1 Å². The van der Waals surface area contributed by atoms with E-state index in [-0.39, 0.29) is 0 Å². The van der Waals surface area contributed by atoms with Gasteiger partial charge in [0.05, 0.1) is 7.11 Å². The fourth-order valence-corrected chi connectivity index (χ4v) is 2.59. The number of ether oxygens (including phenoxy) is 1. The van der Waals surface area contributed by atoms with Gasteiger partial charge in [0.2, 0.25) is 0 Å². The van der Waals surface area contributed by atoms with Crippen LogP contribution in [0.5, 0.6) is 5.75 Å². The summed E-state index contributed by atoms with van der Waals surface area (Å²) < 4.78 is 5.25. The molecule has 0 atom stereocenters. The molecule has 2 nitrogen and oxygen atoms in total. The Morgan fingerprint density at radius 2 is 1.45 bits per heavy atom. The Balaban J connectivity index is 2.08. The zero-order valence-corrected chi connectivity index (χ0v) is 13.3. The molecule has 0 unspecified atom stereocenters. The van der Waals surface area contributed by atoms with E-state index in [9.17, 15) is 0 Å². The number of unbranched alkanes of at least 4 members (excludes halogenated alkanes) is 8. The molecule has 20 heavy (non-hydrogen) atoms. The summed E-state index contributed by atoms with van der Waals surface area (Å²) in [4.78, 5) is 0. The molecule has 0 fully saturated rings. The number of hydrogen-bond donors (Lipinski definition) is 1. The van der Waals surface area contributed by atoms with Crippen molar-refractivity contribution in [2.75, 3.05) is 12.8 Å². The molecule has 2 N–H and O–H groups in total. The Hall–Kier alpha value is -1.18. The van der Waals surface area contributed by atoms with Gasteiger partial charge in [0.25, 0.3) is 0 Å². The number of rotatable bonds is 11. The van der Waals surface area contributed by atoms with Gasteiger partial charge in [0.15, 0.2) is 0 Å². The van der Waals surface area contributed by atoms with Crippen LogP contribution in [0.15, 0.2) is 18.2 Å². The van der Waals surface area contributed by atoms with Crippen molar-refractivity contribution < 1.29 is 4.74 Å². The van der Waals surface area contributed by atoms with Gasteiger partial charge in [0, 0.05) is 11.8 Å². The fourth-order valence-electron chi connectivity index (χ4n) is 2.59. The van der Waals surface area contributed by atoms with Crippen LogP contribution in [0.2, 0.25) is 0 Å². The van der Waals surface area contributed by atoms with Crippen LogP contribution >= 0.6 is 0 Å². The summed E-state index contributed by atoms with van der Waals surface area (Å²) in [6.45, 7) is 2.27. The van der Waals surface area contributed by atoms with E-state index in [0.29, 0.717) is 0 Å². The van der Waals surface area contributed by atoms with Crippen molar-refractivity contribution in [2.24, 2.45) is 0 Å². The molecule has 0 saturated heterocycles. The third-order valence-corrected chi connectivity index (χ3v) is 3.79. The SMILES string of the molecule is CCCCCCCCCCCc1cc(N)cc(OC)c1. The lowest BCUT2D eigenvalue weighted by Gasteiger charge is -2.07. The minimum Gasteiger partial charge on any atom is -0.497 e. The van der Waals surface area contributed by atoms with E-state index < -0.39 is 0 Å². The molecular formula is C18H31NO. The smallest absolute Gasteiger partial charge is 0.121 e. The number of hydrogen-bond acceptors (Lipinski definition) is 2. The molecule has 1 aromatic rings. The summed E-state index contributed by atoms with van der Waals surface area (Å²) in [5.74, 6) is 0.871. The predicted octanol–water partition coefficient (Wildman–Crippen LogP) is 5.35. The largest absolute Gasteiger partial charge is 0.497 e. The number of benzene rings is 1. The van der Waals surface area contributed by atoms with E-state index in [4.69, 9.17) is 10.5 Å². The third-order valence-electron chi connectivity index (χ3n) is 3.79. The van der Waals surface area contributed by atoms with E-state index in [1.807, 2.05) is 6.07 Å². The van der Waals surface area contributed by atoms with Gasteiger partial charge in [-0.3, -0.25) is 0 Å². The maximum atomic E-state index is 5.86. The quantitative estimate of drug-likeness (QED) is 0.437. The monoisotopic (exact) mass is 277 g/mol. The molecule has 0 aliphatic carbocycles. The lowest BCUT2D eigenvalue weighted by molar-refractivity contribution is 0.414. The standard InChI is InChI=1S/C18H31NO/c1-3-4-5-6-7-8-9-10-11-12-16-13-17(19)15-18(14-16)20-2/h13-15H,3-12,19H2,1-2H3. The van der Waals surface area contributed by atoms with Crippen molar-refractivity contribution in [3.63, 3.8) is 0 Å². The first-order chi connectivity index (χ1) is 9.76. The van der Waals surface area contributed by atoms with Gasteiger partial charge in [-0.15, -0.1) is 0 Å². The highest BCUT2D eigenvalue weighted by Crippen LogP contribution is 2.20. The minimum absolute atomic E-state index is 0.801. The van der Waals surface area contributed by atoms with Gasteiger partial charge in [-0.25, -0.2) is 0 Å². The Morgan fingerprint density at radius 1 is 0.850 bits per heavy atom. The molecule has 0 spiro atoms. The zero-order chi connectivity index (χ0) is 14.6. The van der Waals surface area contributed by atoms with E-state index >= 15 is 0 Å². The molecule has 0 aliphatic heterocycles. The van der Waals surface area contributed by atoms with Gasteiger partial charge in [0.1, 0.15) is 5.75 Å². The molecule has 0 radical (unpaired) electrons. The van der Waals surface area contributed by atoms with Gasteiger partial charge in [-0.1, -0.05) is 58.3 Å². The van der Waals surface area contributed by atoms with Crippen molar-refractivity contribution in [2.45, 2.75) is 71.1 Å². The molecule has 0 saturated carbocycles. The number of anilines is 1. The Morgan fingerprint density at radius 3 is 2.05 bits per heavy atom. The first-order valence-corrected chi connectivity index (χ1v) is 8.19. The van der Waals surface area contributed by atoms with Crippen LogP contribution in [-0.4, -0.2) is 7.11 Å². The first kappa shape index (κ1) is 16.9. The summed E-state index contributed by atoms with van der Waals surface area (Å²) in [7, 11) is 1.69. The first-order valence-electron chi connectivity index (χ1n) is 8.19. The number of nitrogen functional groups attached to an aromatic ring is 1. The van der Waals surface area contributed by atoms with Crippen LogP contribution in [0.25, 0.3) is 0 Å². The fraction of sp³-hybridized carbons (Fsp3) is 0.667. The summed E-state index contributed by atoms with van der Waals surface area (Å²) >= 11 is 0. The van der Waals surface area contributed by atoms with Crippen LogP contribution in [-0.2, 0) is 6.42 Å². The highest BCUT2D eigenvalue weighted by Gasteiger charge is 1.99. The molecule has 0 heterocycles. The van der Waals surface area contributed by atoms with Gasteiger partial charge >= 0.3 is 0 Å². The topological polar surface area (TPSA) is 35.2 Å². The van der Waals surface area contributed by atoms with Gasteiger partial charge < -0.3 is 10.5 Å². The van der Waals surface area contributed by atoms with Crippen LogP contribution < -0.4 is 10.5 Å². The predicted molar refractivity (Wildman–Crippen MR) is 88.3 cm³/mol. The van der Waals surface area contributed by atoms with Crippen LogP contribution in [0.3, 0.4) is 0 Å². The summed E-state index contributed by atoms with van der Waals surface area (Å²) in [5, 5.41) is 0. The van der Waals surface area contributed by atoms with Crippen molar-refractivity contribution in [1.29, 1.82) is 0 Å². The van der Waals surface area contributed by atoms with Crippen LogP contribution in [0.4, 0.5) is 5.69 Å². The normalized spacial score (nSPS) is 10.7. The maximum absolute atomic E-state index is 5.86. The molecule has 2 heteroatoms. The lowest BCUT2D eigenvalue weighted by Crippen LogP contribution is -1.93. The van der Waals surface area contributed by atoms with Crippen molar-refractivity contribution in [1.82, 2.24) is 0 Å². The molecule has 1 rings (SSSR count). The minimum atomic E-state index is 0.801. The van der Waals surface area contributed by atoms with Gasteiger partial charge in [-0.2, -0.15) is 0 Å². The highest BCUT2D eigenvalue weighted by molar-refractivity contribution is 5.47. The van der Waals surface area contributed by atoms with Crippen molar-refractivity contribution >= 4 is 5.69 Å². The second-order valence-corrected chi connectivity index (χ2v) is 5.69. The van der Waals surface area contributed by atoms with E-state index in [1.165, 1.54) is 63.4 Å². The second-order valence-electron chi connectivity index (χ2n) is 5.69. The van der Waals surface area contributed by atoms with Crippen LogP contribution in [0, 0.1) is 0 Å². The molecule has 0 aromatic heterocycles. The molecule has 114 valence electrons. The molecule has 0 amide bonds. The van der Waals surface area contributed by atoms with E-state index in [0.717, 1.165) is 17.9 Å². The van der Waals surface area contributed by atoms with Gasteiger partial charge in [-0.05, 0) is 30.5 Å². The Bertz CT molecular complexity index is 362. The number of aryl methyl sites for hydroxylation is 1. The molecule has 1 aromatic carbocycles. The summed E-state index contributed by atoms with van der Waals surface area (Å²) in [6.07, 6.45) is 13.4. The Kier molecular flexibility index (Phi) is 8.93. The summed E-state index contributed by atoms with van der Waals surface area (Å²) in [6, 6.07) is 6.04. The number of nitrogens with two attached hydrogens (primary N) is 1. The molecular weight excluding hydrogens is 246 g/mol. The molecule has 0 bridgehead atoms.